The lowest BCUT2D eigenvalue weighted by molar-refractivity contribution is 0.0221. The lowest BCUT2D eigenvalue weighted by Gasteiger charge is -2.48. The first kappa shape index (κ1) is 15.9. The first-order valence-electron chi connectivity index (χ1n) is 6.43. The molecule has 0 aromatic heterocycles. The van der Waals surface area contributed by atoms with Crippen LogP contribution in [0.5, 0.6) is 0 Å². The van der Waals surface area contributed by atoms with Crippen molar-refractivity contribution in [3.05, 3.63) is 0 Å². The molecule has 0 aromatic carbocycles. The van der Waals surface area contributed by atoms with Crippen LogP contribution in [0.1, 0.15) is 20.3 Å². The summed E-state index contributed by atoms with van der Waals surface area (Å²) in [7, 11) is 3.57. The summed E-state index contributed by atoms with van der Waals surface area (Å²) < 4.78 is 0. The van der Waals surface area contributed by atoms with Crippen molar-refractivity contribution in [3.8, 4) is 24.3 Å². The Hall–Kier alpha value is -2.12. The molecule has 20 heavy (non-hydrogen) atoms. The molecule has 0 spiro atoms. The molecular weight excluding hydrogens is 252 g/mol. The number of nitrogens with one attached hydrogen (secondary N) is 1. The molecule has 0 aliphatic heterocycles. The average Bonchev–Trinajstić information content (AvgIpc) is 2.41. The van der Waals surface area contributed by atoms with Crippen LogP contribution in [0.4, 0.5) is 0 Å². The second-order valence-electron chi connectivity index (χ2n) is 5.62. The summed E-state index contributed by atoms with van der Waals surface area (Å²) in [6.45, 7) is 3.48. The summed E-state index contributed by atoms with van der Waals surface area (Å²) in [5.74, 6) is -0.888. The van der Waals surface area contributed by atoms with Crippen LogP contribution in [-0.2, 0) is 0 Å². The van der Waals surface area contributed by atoms with Crippen molar-refractivity contribution < 1.29 is 0 Å². The molecule has 1 aliphatic carbocycles. The largest absolute Gasteiger partial charge is 0.250 e. The van der Waals surface area contributed by atoms with Gasteiger partial charge in [0.1, 0.15) is 0 Å². The van der Waals surface area contributed by atoms with Crippen LogP contribution in [0.25, 0.3) is 0 Å². The van der Waals surface area contributed by atoms with Gasteiger partial charge in [0.05, 0.1) is 30.3 Å². The molecule has 6 heteroatoms. The lowest BCUT2D eigenvalue weighted by atomic mass is 9.51. The van der Waals surface area contributed by atoms with E-state index in [0.29, 0.717) is 6.42 Å². The summed E-state index contributed by atoms with van der Waals surface area (Å²) in [6, 6.07) is 7.84. The maximum Gasteiger partial charge on any atom is 0.165 e. The molecule has 1 rings (SSSR count). The molecule has 3 atom stereocenters. The Morgan fingerprint density at radius 3 is 1.75 bits per heavy atom. The Labute approximate surface area is 119 Å². The summed E-state index contributed by atoms with van der Waals surface area (Å²) >= 11 is 0. The van der Waals surface area contributed by atoms with E-state index in [1.165, 1.54) is 0 Å². The number of rotatable bonds is 2. The van der Waals surface area contributed by atoms with E-state index >= 15 is 0 Å². The minimum atomic E-state index is -1.40. The third-order valence-electron chi connectivity index (χ3n) is 4.44. The zero-order valence-corrected chi connectivity index (χ0v) is 12.2. The molecule has 104 valence electrons. The molecule has 0 heterocycles. The van der Waals surface area contributed by atoms with Crippen LogP contribution in [0, 0.1) is 68.0 Å². The van der Waals surface area contributed by atoms with Crippen molar-refractivity contribution in [2.24, 2.45) is 22.7 Å². The fourth-order valence-corrected chi connectivity index (χ4v) is 3.09. The van der Waals surface area contributed by atoms with Gasteiger partial charge in [-0.05, 0) is 12.3 Å². The van der Waals surface area contributed by atoms with Gasteiger partial charge in [-0.1, -0.05) is 13.8 Å². The van der Waals surface area contributed by atoms with Crippen molar-refractivity contribution in [3.63, 3.8) is 0 Å². The Balaban J connectivity index is 3.42. The highest BCUT2D eigenvalue weighted by Crippen LogP contribution is 2.53. The smallest absolute Gasteiger partial charge is 0.165 e. The van der Waals surface area contributed by atoms with Gasteiger partial charge in [0.15, 0.2) is 10.8 Å². The Morgan fingerprint density at radius 2 is 1.40 bits per heavy atom. The highest BCUT2D eigenvalue weighted by Gasteiger charge is 2.61. The quantitative estimate of drug-likeness (QED) is 0.754. The predicted molar refractivity (Wildman–Crippen MR) is 70.9 cm³/mol. The van der Waals surface area contributed by atoms with Crippen molar-refractivity contribution in [1.82, 2.24) is 10.4 Å². The molecule has 1 aliphatic rings. The van der Waals surface area contributed by atoms with E-state index in [1.807, 2.05) is 6.92 Å². The second-order valence-corrected chi connectivity index (χ2v) is 5.62. The summed E-state index contributed by atoms with van der Waals surface area (Å²) in [6.07, 6.45) is 0.421. The Bertz CT molecular complexity index is 510. The van der Waals surface area contributed by atoms with Gasteiger partial charge >= 0.3 is 0 Å². The van der Waals surface area contributed by atoms with E-state index in [-0.39, 0.29) is 5.92 Å². The van der Waals surface area contributed by atoms with Crippen LogP contribution >= 0.6 is 0 Å². The average molecular weight is 270 g/mol. The molecule has 0 unspecified atom stereocenters. The summed E-state index contributed by atoms with van der Waals surface area (Å²) in [4.78, 5) is 0. The standard InChI is InChI=1S/C14H18N6/c1-10-5-12(19-20(3)4)14(8-17,9-18)11(2)13(10,6-15)7-16/h10-12,19H,5H2,1-4H3/t10-,11-,12+/m1/s1. The molecule has 0 bridgehead atoms. The van der Waals surface area contributed by atoms with E-state index in [1.54, 1.807) is 26.0 Å². The van der Waals surface area contributed by atoms with E-state index in [2.05, 4.69) is 29.7 Å². The number of hydrogen-bond acceptors (Lipinski definition) is 6. The van der Waals surface area contributed by atoms with Crippen molar-refractivity contribution in [1.29, 1.82) is 21.0 Å². The molecule has 0 radical (unpaired) electrons. The zero-order valence-electron chi connectivity index (χ0n) is 12.2. The maximum atomic E-state index is 9.55. The fraction of sp³-hybridized carbons (Fsp3) is 0.714. The number of nitrogens with zero attached hydrogens (tertiary/aromatic N) is 5. The van der Waals surface area contributed by atoms with Gasteiger partial charge in [-0.25, -0.2) is 5.43 Å². The molecular formula is C14H18N6. The van der Waals surface area contributed by atoms with Crippen LogP contribution < -0.4 is 5.43 Å². The molecule has 0 aromatic rings. The minimum Gasteiger partial charge on any atom is -0.250 e. The summed E-state index contributed by atoms with van der Waals surface area (Å²) in [5.41, 5.74) is 0.381. The molecule has 0 saturated heterocycles. The van der Waals surface area contributed by atoms with Gasteiger partial charge in [0, 0.05) is 20.0 Å². The predicted octanol–water partition coefficient (Wildman–Crippen LogP) is 1.16. The van der Waals surface area contributed by atoms with Crippen molar-refractivity contribution in [2.75, 3.05) is 14.1 Å². The van der Waals surface area contributed by atoms with Crippen molar-refractivity contribution in [2.45, 2.75) is 26.3 Å². The first-order valence-corrected chi connectivity index (χ1v) is 6.43. The minimum absolute atomic E-state index is 0.222. The number of hydrazine groups is 1. The molecule has 1 saturated carbocycles. The topological polar surface area (TPSA) is 110 Å². The molecule has 6 nitrogen and oxygen atoms in total. The number of hydrogen-bond donors (Lipinski definition) is 1. The zero-order chi connectivity index (χ0) is 15.6. The van der Waals surface area contributed by atoms with Gasteiger partial charge in [-0.2, -0.15) is 21.0 Å². The van der Waals surface area contributed by atoms with E-state index in [0.717, 1.165) is 0 Å². The monoisotopic (exact) mass is 270 g/mol. The SMILES string of the molecule is C[C@@H]1C(C#N)(C#N)[C@H](C)C[C@H](NN(C)C)C1(C#N)C#N. The summed E-state index contributed by atoms with van der Waals surface area (Å²) in [5, 5.41) is 39.7. The van der Waals surface area contributed by atoms with Crippen LogP contribution in [-0.4, -0.2) is 25.1 Å². The van der Waals surface area contributed by atoms with Crippen LogP contribution in [0.15, 0.2) is 0 Å². The third-order valence-corrected chi connectivity index (χ3v) is 4.44. The molecule has 0 amide bonds. The second kappa shape index (κ2) is 5.48. The van der Waals surface area contributed by atoms with E-state index in [9.17, 15) is 21.0 Å². The van der Waals surface area contributed by atoms with Gasteiger partial charge in [-0.3, -0.25) is 5.01 Å². The number of nitriles is 4. The van der Waals surface area contributed by atoms with Gasteiger partial charge in [0.25, 0.3) is 0 Å². The van der Waals surface area contributed by atoms with Crippen LogP contribution in [0.3, 0.4) is 0 Å². The fourth-order valence-electron chi connectivity index (χ4n) is 3.09. The van der Waals surface area contributed by atoms with E-state index < -0.39 is 22.8 Å². The highest BCUT2D eigenvalue weighted by atomic mass is 15.5. The Morgan fingerprint density at radius 1 is 0.950 bits per heavy atom. The van der Waals surface area contributed by atoms with E-state index in [4.69, 9.17) is 0 Å². The molecule has 1 fully saturated rings. The maximum absolute atomic E-state index is 9.55. The highest BCUT2D eigenvalue weighted by molar-refractivity contribution is 5.33. The first-order chi connectivity index (χ1) is 9.34. The third kappa shape index (κ3) is 2.00. The lowest BCUT2D eigenvalue weighted by Crippen LogP contribution is -2.61. The van der Waals surface area contributed by atoms with Crippen LogP contribution in [0.2, 0.25) is 0 Å². The van der Waals surface area contributed by atoms with Crippen molar-refractivity contribution >= 4 is 0 Å². The van der Waals surface area contributed by atoms with Gasteiger partial charge in [0.2, 0.25) is 0 Å². The van der Waals surface area contributed by atoms with Gasteiger partial charge in [-0.15, -0.1) is 0 Å². The molecule has 1 N–H and O–H groups in total. The van der Waals surface area contributed by atoms with Gasteiger partial charge < -0.3 is 0 Å². The Kier molecular flexibility index (Phi) is 4.36. The normalized spacial score (nSPS) is 30.6.